The maximum atomic E-state index is 12.0. The molecule has 1 N–H and O–H groups in total. The van der Waals surface area contributed by atoms with Crippen LogP contribution in [0.1, 0.15) is 16.8 Å². The Morgan fingerprint density at radius 1 is 1.30 bits per heavy atom. The molecule has 0 bridgehead atoms. The smallest absolute Gasteiger partial charge is 0.254 e. The van der Waals surface area contributed by atoms with Crippen molar-refractivity contribution in [1.82, 2.24) is 15.3 Å². The second-order valence-electron chi connectivity index (χ2n) is 5.00. The largest absolute Gasteiger partial charge is 0.486 e. The number of nitrogens with one attached hydrogen (secondary N) is 1. The van der Waals surface area contributed by atoms with Crippen LogP contribution in [0.4, 0.5) is 0 Å². The van der Waals surface area contributed by atoms with Crippen molar-refractivity contribution in [3.63, 3.8) is 0 Å². The van der Waals surface area contributed by atoms with E-state index >= 15 is 0 Å². The number of para-hydroxylation sites is 2. The fourth-order valence-electron chi connectivity index (χ4n) is 2.19. The van der Waals surface area contributed by atoms with E-state index in [1.807, 2.05) is 30.5 Å². The molecule has 7 heteroatoms. The first-order chi connectivity index (χ1) is 11.3. The highest BCUT2D eigenvalue weighted by Gasteiger charge is 2.20. The molecule has 120 valence electrons. The predicted octanol–water partition coefficient (Wildman–Crippen LogP) is 2.16. The number of aromatic nitrogens is 2. The van der Waals surface area contributed by atoms with E-state index in [0.29, 0.717) is 30.3 Å². The summed E-state index contributed by atoms with van der Waals surface area (Å²) in [5, 5.41) is 3.49. The first kappa shape index (κ1) is 15.6. The lowest BCUT2D eigenvalue weighted by molar-refractivity contribution is 0.0812. The van der Waals surface area contributed by atoms with Crippen molar-refractivity contribution in [2.24, 2.45) is 0 Å². The summed E-state index contributed by atoms with van der Waals surface area (Å²) in [6, 6.07) is 7.58. The topological polar surface area (TPSA) is 73.3 Å². The van der Waals surface area contributed by atoms with E-state index in [0.717, 1.165) is 11.5 Å². The average Bonchev–Trinajstić information content (AvgIpc) is 2.61. The Morgan fingerprint density at radius 3 is 2.78 bits per heavy atom. The molecular formula is C16H17N3O3S. The Hall–Kier alpha value is -2.28. The minimum atomic E-state index is -0.185. The summed E-state index contributed by atoms with van der Waals surface area (Å²) in [6.07, 6.45) is 5.55. The number of hydrogen-bond acceptors (Lipinski definition) is 6. The molecule has 0 aliphatic carbocycles. The van der Waals surface area contributed by atoms with Gasteiger partial charge in [-0.15, -0.1) is 0 Å². The highest BCUT2D eigenvalue weighted by molar-refractivity contribution is 7.98. The van der Waals surface area contributed by atoms with Crippen LogP contribution < -0.4 is 14.8 Å². The standard InChI is InChI=1S/C16H17N3O3S/c1-23-16-18-8-11(9-19-16)15(20)17-7-6-12-10-21-13-4-2-3-5-14(13)22-12/h2-5,8-9,12H,6-7,10H2,1H3,(H,17,20)/t12-/m0/s1. The van der Waals surface area contributed by atoms with E-state index in [4.69, 9.17) is 9.47 Å². The summed E-state index contributed by atoms with van der Waals surface area (Å²) in [5.41, 5.74) is 0.453. The molecule has 23 heavy (non-hydrogen) atoms. The molecule has 1 aliphatic rings. The third-order valence-electron chi connectivity index (χ3n) is 3.39. The zero-order valence-electron chi connectivity index (χ0n) is 12.7. The summed E-state index contributed by atoms with van der Waals surface area (Å²) in [7, 11) is 0. The molecule has 6 nitrogen and oxygen atoms in total. The Labute approximate surface area is 138 Å². The van der Waals surface area contributed by atoms with Gasteiger partial charge in [-0.3, -0.25) is 4.79 Å². The van der Waals surface area contributed by atoms with Gasteiger partial charge in [0, 0.05) is 25.4 Å². The lowest BCUT2D eigenvalue weighted by atomic mass is 10.2. The number of amides is 1. The Kier molecular flexibility index (Phi) is 4.97. The summed E-state index contributed by atoms with van der Waals surface area (Å²) < 4.78 is 11.5. The van der Waals surface area contributed by atoms with E-state index in [2.05, 4.69) is 15.3 Å². The predicted molar refractivity (Wildman–Crippen MR) is 87.1 cm³/mol. The number of nitrogens with zero attached hydrogens (tertiary/aromatic N) is 2. The Morgan fingerprint density at radius 2 is 2.04 bits per heavy atom. The molecule has 2 aromatic rings. The SMILES string of the molecule is CSc1ncc(C(=O)NCC[C@H]2COc3ccccc3O2)cn1. The van der Waals surface area contributed by atoms with Crippen molar-refractivity contribution in [2.45, 2.75) is 17.7 Å². The minimum absolute atomic E-state index is 0.0692. The van der Waals surface area contributed by atoms with E-state index in [-0.39, 0.29) is 12.0 Å². The van der Waals surface area contributed by atoms with Crippen LogP contribution in [0.5, 0.6) is 11.5 Å². The van der Waals surface area contributed by atoms with Gasteiger partial charge >= 0.3 is 0 Å². The molecule has 2 heterocycles. The first-order valence-corrected chi connectivity index (χ1v) is 8.51. The number of ether oxygens (including phenoxy) is 2. The maximum Gasteiger partial charge on any atom is 0.254 e. The van der Waals surface area contributed by atoms with Crippen molar-refractivity contribution in [1.29, 1.82) is 0 Å². The second-order valence-corrected chi connectivity index (χ2v) is 5.77. The van der Waals surface area contributed by atoms with Gasteiger partial charge in [0.2, 0.25) is 0 Å². The van der Waals surface area contributed by atoms with E-state index in [1.54, 1.807) is 0 Å². The molecular weight excluding hydrogens is 314 g/mol. The monoisotopic (exact) mass is 331 g/mol. The average molecular weight is 331 g/mol. The van der Waals surface area contributed by atoms with E-state index < -0.39 is 0 Å². The number of carbonyl (C=O) groups excluding carboxylic acids is 1. The van der Waals surface area contributed by atoms with Gasteiger partial charge in [0.15, 0.2) is 16.7 Å². The Bertz CT molecular complexity index is 679. The first-order valence-electron chi connectivity index (χ1n) is 7.29. The molecule has 0 radical (unpaired) electrons. The molecule has 0 spiro atoms. The summed E-state index contributed by atoms with van der Waals surface area (Å²) >= 11 is 1.44. The number of benzene rings is 1. The number of fused-ring (bicyclic) bond motifs is 1. The second kappa shape index (κ2) is 7.32. The molecule has 1 aliphatic heterocycles. The maximum absolute atomic E-state index is 12.0. The summed E-state index contributed by atoms with van der Waals surface area (Å²) in [6.45, 7) is 0.984. The van der Waals surface area contributed by atoms with Gasteiger partial charge in [-0.1, -0.05) is 23.9 Å². The zero-order chi connectivity index (χ0) is 16.1. The Balaban J connectivity index is 1.47. The van der Waals surface area contributed by atoms with Crippen LogP contribution in [0.2, 0.25) is 0 Å². The van der Waals surface area contributed by atoms with Crippen LogP contribution in [-0.2, 0) is 0 Å². The number of rotatable bonds is 5. The van der Waals surface area contributed by atoms with Crippen LogP contribution >= 0.6 is 11.8 Å². The van der Waals surface area contributed by atoms with Gasteiger partial charge in [0.1, 0.15) is 12.7 Å². The van der Waals surface area contributed by atoms with Crippen molar-refractivity contribution in [3.8, 4) is 11.5 Å². The molecule has 0 saturated carbocycles. The third-order valence-corrected chi connectivity index (χ3v) is 3.97. The molecule has 1 aromatic carbocycles. The van der Waals surface area contributed by atoms with Crippen LogP contribution in [0.25, 0.3) is 0 Å². The summed E-state index contributed by atoms with van der Waals surface area (Å²) in [5.74, 6) is 1.32. The quantitative estimate of drug-likeness (QED) is 0.668. The zero-order valence-corrected chi connectivity index (χ0v) is 13.5. The van der Waals surface area contributed by atoms with Crippen LogP contribution in [0.3, 0.4) is 0 Å². The van der Waals surface area contributed by atoms with Gasteiger partial charge < -0.3 is 14.8 Å². The molecule has 1 amide bonds. The molecule has 1 aromatic heterocycles. The molecule has 3 rings (SSSR count). The normalized spacial score (nSPS) is 16.0. The fraction of sp³-hybridized carbons (Fsp3) is 0.312. The van der Waals surface area contributed by atoms with Gasteiger partial charge in [-0.2, -0.15) is 0 Å². The molecule has 0 saturated heterocycles. The highest BCUT2D eigenvalue weighted by Crippen LogP contribution is 2.31. The highest BCUT2D eigenvalue weighted by atomic mass is 32.2. The minimum Gasteiger partial charge on any atom is -0.486 e. The lowest BCUT2D eigenvalue weighted by Gasteiger charge is -2.26. The van der Waals surface area contributed by atoms with Crippen LogP contribution in [-0.4, -0.2) is 41.4 Å². The third kappa shape index (κ3) is 3.92. The fourth-order valence-corrected chi connectivity index (χ4v) is 2.51. The van der Waals surface area contributed by atoms with Crippen molar-refractivity contribution in [2.75, 3.05) is 19.4 Å². The van der Waals surface area contributed by atoms with Crippen molar-refractivity contribution >= 4 is 17.7 Å². The summed E-state index contributed by atoms with van der Waals surface area (Å²) in [4.78, 5) is 20.2. The van der Waals surface area contributed by atoms with Crippen molar-refractivity contribution in [3.05, 3.63) is 42.2 Å². The number of carbonyl (C=O) groups is 1. The number of thioether (sulfide) groups is 1. The van der Waals surface area contributed by atoms with Gasteiger partial charge in [0.25, 0.3) is 5.91 Å². The molecule has 0 fully saturated rings. The van der Waals surface area contributed by atoms with Gasteiger partial charge in [0.05, 0.1) is 5.56 Å². The number of hydrogen-bond donors (Lipinski definition) is 1. The van der Waals surface area contributed by atoms with Gasteiger partial charge in [-0.25, -0.2) is 9.97 Å². The van der Waals surface area contributed by atoms with Gasteiger partial charge in [-0.05, 0) is 18.4 Å². The molecule has 1 atom stereocenters. The van der Waals surface area contributed by atoms with E-state index in [1.165, 1.54) is 24.2 Å². The van der Waals surface area contributed by atoms with Crippen molar-refractivity contribution < 1.29 is 14.3 Å². The van der Waals surface area contributed by atoms with Crippen LogP contribution in [0.15, 0.2) is 41.8 Å². The molecule has 0 unspecified atom stereocenters. The van der Waals surface area contributed by atoms with Crippen LogP contribution in [0, 0.1) is 0 Å². The van der Waals surface area contributed by atoms with E-state index in [9.17, 15) is 4.79 Å². The lowest BCUT2D eigenvalue weighted by Crippen LogP contribution is -2.34.